The molecular formula is C14H15N2NaO4S. The molecule has 2 fully saturated rings. The number of thioether (sulfide) groups is 1. The van der Waals surface area contributed by atoms with Crippen LogP contribution in [-0.4, -0.2) is 43.0 Å². The van der Waals surface area contributed by atoms with Crippen molar-refractivity contribution in [2.75, 3.05) is 0 Å². The van der Waals surface area contributed by atoms with Crippen molar-refractivity contribution >= 4 is 23.6 Å². The smallest absolute Gasteiger partial charge is 0.548 e. The van der Waals surface area contributed by atoms with Crippen LogP contribution in [0.1, 0.15) is 25.5 Å². The second-order valence-corrected chi connectivity index (χ2v) is 7.61. The third-order valence-electron chi connectivity index (χ3n) is 4.07. The SMILES string of the molecule is CC1(C)S[C@@H]2[C@H]([C@@H](O)c3cccnc3)C(=O)N2[C@H]1C(=O)[O-].[Na+]. The molecule has 1 N–H and O–H groups in total. The van der Waals surface area contributed by atoms with Crippen molar-refractivity contribution < 1.29 is 49.4 Å². The molecule has 0 unspecified atom stereocenters. The summed E-state index contributed by atoms with van der Waals surface area (Å²) in [6.45, 7) is 3.55. The number of pyridine rings is 1. The zero-order chi connectivity index (χ0) is 15.4. The van der Waals surface area contributed by atoms with Gasteiger partial charge in [0.25, 0.3) is 0 Å². The molecule has 2 aliphatic rings. The van der Waals surface area contributed by atoms with E-state index in [1.165, 1.54) is 22.9 Å². The first-order valence-corrected chi connectivity index (χ1v) is 7.51. The molecule has 1 aromatic heterocycles. The van der Waals surface area contributed by atoms with Gasteiger partial charge in [0.1, 0.15) is 0 Å². The van der Waals surface area contributed by atoms with Crippen LogP contribution in [0, 0.1) is 5.92 Å². The first-order chi connectivity index (χ1) is 9.84. The summed E-state index contributed by atoms with van der Waals surface area (Å²) < 4.78 is -0.636. The minimum atomic E-state index is -1.25. The summed E-state index contributed by atoms with van der Waals surface area (Å²) in [5.74, 6) is -2.23. The standard InChI is InChI=1S/C14H16N2O4S.Na/c1-14(2)10(13(19)20)16-11(18)8(12(16)21-14)9(17)7-4-3-5-15-6-7;/h3-6,8-10,12,17H,1-2H3,(H,19,20);/q;+1/p-1/t8-,9+,10+,12-;/m1./s1. The van der Waals surface area contributed by atoms with E-state index < -0.39 is 28.8 Å². The van der Waals surface area contributed by atoms with Crippen LogP contribution in [0.5, 0.6) is 0 Å². The Kier molecular flexibility index (Phi) is 4.94. The molecule has 22 heavy (non-hydrogen) atoms. The topological polar surface area (TPSA) is 93.6 Å². The molecular weight excluding hydrogens is 315 g/mol. The zero-order valence-electron chi connectivity index (χ0n) is 12.6. The van der Waals surface area contributed by atoms with Crippen LogP contribution in [0.4, 0.5) is 0 Å². The fourth-order valence-electron chi connectivity index (χ4n) is 3.07. The largest absolute Gasteiger partial charge is 1.00 e. The molecule has 8 heteroatoms. The van der Waals surface area contributed by atoms with Crippen molar-refractivity contribution in [3.05, 3.63) is 30.1 Å². The van der Waals surface area contributed by atoms with Gasteiger partial charge < -0.3 is 19.9 Å². The Morgan fingerprint density at radius 1 is 1.55 bits per heavy atom. The van der Waals surface area contributed by atoms with Crippen LogP contribution in [0.25, 0.3) is 0 Å². The minimum Gasteiger partial charge on any atom is -0.548 e. The van der Waals surface area contributed by atoms with E-state index in [0.29, 0.717) is 5.56 Å². The van der Waals surface area contributed by atoms with E-state index in [1.807, 2.05) is 0 Å². The Balaban J connectivity index is 0.00000176. The van der Waals surface area contributed by atoms with Crippen LogP contribution >= 0.6 is 11.8 Å². The van der Waals surface area contributed by atoms with Crippen LogP contribution < -0.4 is 34.7 Å². The third kappa shape index (κ3) is 2.59. The summed E-state index contributed by atoms with van der Waals surface area (Å²) in [5, 5.41) is 21.4. The maximum Gasteiger partial charge on any atom is 1.00 e. The number of carboxylic acid groups (broad SMARTS) is 1. The van der Waals surface area contributed by atoms with Gasteiger partial charge in [0.2, 0.25) is 5.91 Å². The number of carbonyl (C=O) groups excluding carboxylic acids is 2. The Morgan fingerprint density at radius 2 is 2.23 bits per heavy atom. The molecule has 3 heterocycles. The van der Waals surface area contributed by atoms with Crippen molar-refractivity contribution in [2.45, 2.75) is 36.1 Å². The van der Waals surface area contributed by atoms with E-state index >= 15 is 0 Å². The molecule has 0 saturated carbocycles. The van der Waals surface area contributed by atoms with Crippen LogP contribution in [0.3, 0.4) is 0 Å². The predicted octanol–water partition coefficient (Wildman–Crippen LogP) is -3.45. The quantitative estimate of drug-likeness (QED) is 0.458. The Morgan fingerprint density at radius 3 is 2.77 bits per heavy atom. The van der Waals surface area contributed by atoms with Crippen molar-refractivity contribution in [1.29, 1.82) is 0 Å². The molecule has 2 saturated heterocycles. The number of fused-ring (bicyclic) bond motifs is 1. The van der Waals surface area contributed by atoms with Crippen molar-refractivity contribution in [2.24, 2.45) is 5.92 Å². The first-order valence-electron chi connectivity index (χ1n) is 6.63. The summed E-state index contributed by atoms with van der Waals surface area (Å²) in [6, 6.07) is 2.43. The molecule has 4 atom stereocenters. The molecule has 2 aliphatic heterocycles. The van der Waals surface area contributed by atoms with Crippen molar-refractivity contribution in [1.82, 2.24) is 9.88 Å². The summed E-state index contributed by atoms with van der Waals surface area (Å²) >= 11 is 1.39. The summed E-state index contributed by atoms with van der Waals surface area (Å²) in [4.78, 5) is 28.9. The molecule has 6 nitrogen and oxygen atoms in total. The molecule has 112 valence electrons. The van der Waals surface area contributed by atoms with Gasteiger partial charge in [-0.2, -0.15) is 0 Å². The second kappa shape index (κ2) is 6.13. The van der Waals surface area contributed by atoms with Gasteiger partial charge in [-0.25, -0.2) is 0 Å². The first kappa shape index (κ1) is 17.7. The number of aromatic nitrogens is 1. The molecule has 0 aliphatic carbocycles. The number of hydrogen-bond donors (Lipinski definition) is 1. The Hall–Kier alpha value is -0.600. The monoisotopic (exact) mass is 330 g/mol. The van der Waals surface area contributed by atoms with E-state index in [4.69, 9.17) is 0 Å². The molecule has 0 radical (unpaired) electrons. The number of rotatable bonds is 3. The predicted molar refractivity (Wildman–Crippen MR) is 73.8 cm³/mol. The van der Waals surface area contributed by atoms with E-state index in [0.717, 1.165) is 0 Å². The van der Waals surface area contributed by atoms with Crippen molar-refractivity contribution in [3.63, 3.8) is 0 Å². The Labute approximate surface area is 154 Å². The summed E-state index contributed by atoms with van der Waals surface area (Å²) in [6.07, 6.45) is 2.13. The van der Waals surface area contributed by atoms with E-state index in [2.05, 4.69) is 4.98 Å². The normalized spacial score (nSPS) is 30.0. The van der Waals surface area contributed by atoms with Crippen LogP contribution in [0.15, 0.2) is 24.5 Å². The number of aliphatic carboxylic acids is 1. The van der Waals surface area contributed by atoms with E-state index in [1.54, 1.807) is 32.2 Å². The fraction of sp³-hybridized carbons (Fsp3) is 0.500. The number of β-lactam (4-membered cyclic amide) rings is 1. The van der Waals surface area contributed by atoms with Gasteiger partial charge in [0.15, 0.2) is 0 Å². The van der Waals surface area contributed by atoms with Gasteiger partial charge in [-0.3, -0.25) is 9.78 Å². The van der Waals surface area contributed by atoms with Gasteiger partial charge in [0.05, 0.1) is 29.4 Å². The molecule has 1 aromatic rings. The van der Waals surface area contributed by atoms with Gasteiger partial charge in [-0.1, -0.05) is 6.07 Å². The molecule has 0 bridgehead atoms. The summed E-state index contributed by atoms with van der Waals surface area (Å²) in [5.41, 5.74) is 0.561. The van der Waals surface area contributed by atoms with E-state index in [9.17, 15) is 19.8 Å². The fourth-order valence-corrected chi connectivity index (χ4v) is 4.78. The number of aliphatic hydroxyl groups excluding tert-OH is 1. The number of carboxylic acids is 1. The Bertz CT molecular complexity index is 598. The maximum atomic E-state index is 12.3. The number of aliphatic hydroxyl groups is 1. The van der Waals surface area contributed by atoms with Gasteiger partial charge in [-0.05, 0) is 25.5 Å². The van der Waals surface area contributed by atoms with Crippen LogP contribution in [-0.2, 0) is 9.59 Å². The minimum absolute atomic E-state index is 0. The van der Waals surface area contributed by atoms with Crippen LogP contribution in [0.2, 0.25) is 0 Å². The molecule has 1 amide bonds. The average Bonchev–Trinajstić information content (AvgIpc) is 2.68. The third-order valence-corrected chi connectivity index (χ3v) is 5.66. The number of nitrogens with zero attached hydrogens (tertiary/aromatic N) is 2. The average molecular weight is 330 g/mol. The van der Waals surface area contributed by atoms with Gasteiger partial charge in [0, 0.05) is 17.1 Å². The maximum absolute atomic E-state index is 12.3. The number of amides is 1. The molecule has 3 rings (SSSR count). The van der Waals surface area contributed by atoms with Gasteiger partial charge >= 0.3 is 29.6 Å². The van der Waals surface area contributed by atoms with Crippen molar-refractivity contribution in [3.8, 4) is 0 Å². The molecule has 0 spiro atoms. The number of hydrogen-bond acceptors (Lipinski definition) is 6. The second-order valence-electron chi connectivity index (χ2n) is 5.84. The van der Waals surface area contributed by atoms with E-state index in [-0.39, 0.29) is 40.8 Å². The summed E-state index contributed by atoms with van der Waals surface area (Å²) in [7, 11) is 0. The number of carbonyl (C=O) groups is 2. The zero-order valence-corrected chi connectivity index (χ0v) is 15.4. The molecule has 0 aromatic carbocycles. The van der Waals surface area contributed by atoms with Gasteiger partial charge in [-0.15, -0.1) is 11.8 Å².